The molecule has 0 atom stereocenters. The number of ketones is 1. The van der Waals surface area contributed by atoms with Gasteiger partial charge in [0.15, 0.2) is 10.9 Å². The van der Waals surface area contributed by atoms with Gasteiger partial charge in [-0.3, -0.25) is 4.79 Å². The second-order valence-corrected chi connectivity index (χ2v) is 7.51. The lowest BCUT2D eigenvalue weighted by Gasteiger charge is -2.06. The summed E-state index contributed by atoms with van der Waals surface area (Å²) in [6, 6.07) is 8.89. The quantitative estimate of drug-likeness (QED) is 0.403. The number of nitrogens with zero attached hydrogens (tertiary/aromatic N) is 3. The first-order valence-electron chi connectivity index (χ1n) is 9.08. The predicted molar refractivity (Wildman–Crippen MR) is 108 cm³/mol. The van der Waals surface area contributed by atoms with Gasteiger partial charge in [0.1, 0.15) is 0 Å². The van der Waals surface area contributed by atoms with Crippen LogP contribution >= 0.6 is 11.3 Å². The molecule has 2 aromatic carbocycles. The third-order valence-electron chi connectivity index (χ3n) is 4.64. The van der Waals surface area contributed by atoms with Crippen LogP contribution in [0.25, 0.3) is 21.3 Å². The summed E-state index contributed by atoms with van der Waals surface area (Å²) in [6.45, 7) is 4.40. The first kappa shape index (κ1) is 19.4. The topological polar surface area (TPSA) is 59.8 Å². The minimum absolute atomic E-state index is 0.0408. The molecule has 0 aliphatic rings. The summed E-state index contributed by atoms with van der Waals surface area (Å²) in [5, 5.41) is 3.57. The zero-order valence-corrected chi connectivity index (χ0v) is 16.5. The number of hydrogen-bond acceptors (Lipinski definition) is 5. The lowest BCUT2D eigenvalue weighted by atomic mass is 10.1. The van der Waals surface area contributed by atoms with Gasteiger partial charge in [-0.15, -0.1) is 0 Å². The molecule has 0 radical (unpaired) electrons. The first-order chi connectivity index (χ1) is 13.8. The zero-order valence-electron chi connectivity index (χ0n) is 15.7. The molecular weight excluding hydrogens is 401 g/mol. The molecular formula is C20H17F3N4OS. The van der Waals surface area contributed by atoms with E-state index in [0.717, 1.165) is 29.0 Å². The molecule has 150 valence electrons. The van der Waals surface area contributed by atoms with Gasteiger partial charge < -0.3 is 9.88 Å². The minimum Gasteiger partial charge on any atom is -0.310 e. The number of hydrogen-bond donors (Lipinski definition) is 1. The molecule has 1 N–H and O–H groups in total. The molecule has 0 bridgehead atoms. The van der Waals surface area contributed by atoms with Gasteiger partial charge in [-0.25, -0.2) is 9.97 Å². The Morgan fingerprint density at radius 2 is 1.90 bits per heavy atom. The van der Waals surface area contributed by atoms with E-state index in [0.29, 0.717) is 45.3 Å². The summed E-state index contributed by atoms with van der Waals surface area (Å²) in [7, 11) is 0. The number of carbonyl (C=O) groups is 1. The SMILES string of the molecule is CCC(=O)c1ccc2c(c1)nc(Nc1nc3ccc(C(F)(F)F)cc3s1)n2CC. The number of carbonyl (C=O) groups excluding carboxylic acids is 1. The minimum atomic E-state index is -4.39. The zero-order chi connectivity index (χ0) is 20.8. The highest BCUT2D eigenvalue weighted by molar-refractivity contribution is 7.22. The van der Waals surface area contributed by atoms with Gasteiger partial charge in [0, 0.05) is 18.5 Å². The van der Waals surface area contributed by atoms with Crippen LogP contribution in [0.5, 0.6) is 0 Å². The van der Waals surface area contributed by atoms with E-state index in [2.05, 4.69) is 15.3 Å². The summed E-state index contributed by atoms with van der Waals surface area (Å²) in [4.78, 5) is 20.9. The molecule has 9 heteroatoms. The van der Waals surface area contributed by atoms with Crippen LogP contribution in [-0.2, 0) is 12.7 Å². The number of alkyl halides is 3. The van der Waals surface area contributed by atoms with Crippen molar-refractivity contribution >= 4 is 49.4 Å². The Balaban J connectivity index is 1.72. The summed E-state index contributed by atoms with van der Waals surface area (Å²) in [6.07, 6.45) is -3.98. The highest BCUT2D eigenvalue weighted by Gasteiger charge is 2.30. The first-order valence-corrected chi connectivity index (χ1v) is 9.90. The fourth-order valence-corrected chi connectivity index (χ4v) is 4.07. The molecule has 2 aromatic heterocycles. The lowest BCUT2D eigenvalue weighted by Crippen LogP contribution is -2.03. The molecule has 0 saturated heterocycles. The van der Waals surface area contributed by atoms with Crippen LogP contribution in [-0.4, -0.2) is 20.3 Å². The van der Waals surface area contributed by atoms with Crippen molar-refractivity contribution in [2.24, 2.45) is 0 Å². The Hall–Kier alpha value is -2.94. The van der Waals surface area contributed by atoms with Crippen molar-refractivity contribution in [2.75, 3.05) is 5.32 Å². The van der Waals surface area contributed by atoms with Gasteiger partial charge in [-0.2, -0.15) is 13.2 Å². The van der Waals surface area contributed by atoms with E-state index in [1.54, 1.807) is 12.1 Å². The molecule has 0 aliphatic heterocycles. The molecule has 0 saturated carbocycles. The summed E-state index contributed by atoms with van der Waals surface area (Å²) >= 11 is 1.13. The van der Waals surface area contributed by atoms with Crippen molar-refractivity contribution in [3.63, 3.8) is 0 Å². The Morgan fingerprint density at radius 1 is 1.10 bits per heavy atom. The van der Waals surface area contributed by atoms with Crippen molar-refractivity contribution in [2.45, 2.75) is 33.0 Å². The van der Waals surface area contributed by atoms with E-state index in [1.807, 2.05) is 24.5 Å². The van der Waals surface area contributed by atoms with Crippen LogP contribution < -0.4 is 5.32 Å². The molecule has 5 nitrogen and oxygen atoms in total. The van der Waals surface area contributed by atoms with Gasteiger partial charge in [0.2, 0.25) is 5.95 Å². The molecule has 0 spiro atoms. The van der Waals surface area contributed by atoms with Gasteiger partial charge >= 0.3 is 6.18 Å². The molecule has 0 fully saturated rings. The van der Waals surface area contributed by atoms with Crippen molar-refractivity contribution in [3.05, 3.63) is 47.5 Å². The molecule has 4 aromatic rings. The third-order valence-corrected chi connectivity index (χ3v) is 5.58. The Kier molecular flexibility index (Phi) is 4.77. The average Bonchev–Trinajstić information content (AvgIpc) is 3.25. The van der Waals surface area contributed by atoms with E-state index >= 15 is 0 Å². The monoisotopic (exact) mass is 418 g/mol. The number of rotatable bonds is 5. The van der Waals surface area contributed by atoms with Crippen LogP contribution in [0.4, 0.5) is 24.3 Å². The highest BCUT2D eigenvalue weighted by Crippen LogP contribution is 2.35. The van der Waals surface area contributed by atoms with Crippen LogP contribution in [0.2, 0.25) is 0 Å². The second-order valence-electron chi connectivity index (χ2n) is 6.48. The fourth-order valence-electron chi connectivity index (χ4n) is 3.17. The molecule has 0 aliphatic carbocycles. The summed E-state index contributed by atoms with van der Waals surface area (Å²) in [5.74, 6) is 0.567. The number of halogens is 3. The van der Waals surface area contributed by atoms with Crippen LogP contribution in [0, 0.1) is 0 Å². The Morgan fingerprint density at radius 3 is 2.59 bits per heavy atom. The molecule has 2 heterocycles. The Bertz CT molecular complexity index is 1230. The average molecular weight is 418 g/mol. The standard InChI is InChI=1S/C20H17F3N4OS/c1-3-16(28)11-5-8-15-14(9-11)24-18(27(15)4-2)26-19-25-13-7-6-12(20(21,22)23)10-17(13)29-19/h5-10H,3-4H2,1-2H3,(H,24,25,26). The maximum absolute atomic E-state index is 12.9. The number of fused-ring (bicyclic) bond motifs is 2. The number of aromatic nitrogens is 3. The number of nitrogens with one attached hydrogen (secondary N) is 1. The van der Waals surface area contributed by atoms with Crippen LogP contribution in [0.3, 0.4) is 0 Å². The molecule has 29 heavy (non-hydrogen) atoms. The van der Waals surface area contributed by atoms with E-state index in [4.69, 9.17) is 0 Å². The number of anilines is 2. The van der Waals surface area contributed by atoms with Gasteiger partial charge in [-0.05, 0) is 43.3 Å². The molecule has 0 amide bonds. The van der Waals surface area contributed by atoms with Crippen LogP contribution in [0.1, 0.15) is 36.2 Å². The van der Waals surface area contributed by atoms with Crippen molar-refractivity contribution in [3.8, 4) is 0 Å². The largest absolute Gasteiger partial charge is 0.416 e. The highest BCUT2D eigenvalue weighted by atomic mass is 32.1. The predicted octanol–water partition coefficient (Wildman–Crippen LogP) is 6.02. The Labute approximate surface area is 168 Å². The van der Waals surface area contributed by atoms with E-state index in [-0.39, 0.29) is 5.78 Å². The van der Waals surface area contributed by atoms with Crippen molar-refractivity contribution < 1.29 is 18.0 Å². The van der Waals surface area contributed by atoms with E-state index < -0.39 is 11.7 Å². The molecule has 4 rings (SSSR count). The number of Topliss-reactive ketones (excluding diaryl/α,β-unsaturated/α-hetero) is 1. The van der Waals surface area contributed by atoms with E-state index in [9.17, 15) is 18.0 Å². The van der Waals surface area contributed by atoms with Gasteiger partial charge in [0.25, 0.3) is 0 Å². The van der Waals surface area contributed by atoms with Crippen molar-refractivity contribution in [1.82, 2.24) is 14.5 Å². The number of imidazole rings is 1. The summed E-state index contributed by atoms with van der Waals surface area (Å²) in [5.41, 5.74) is 1.93. The fraction of sp³-hybridized carbons (Fsp3) is 0.250. The number of benzene rings is 2. The molecule has 0 unspecified atom stereocenters. The maximum atomic E-state index is 12.9. The van der Waals surface area contributed by atoms with Gasteiger partial charge in [0.05, 0.1) is 26.8 Å². The third kappa shape index (κ3) is 3.57. The number of thiazole rings is 1. The second kappa shape index (κ2) is 7.14. The maximum Gasteiger partial charge on any atom is 0.416 e. The van der Waals surface area contributed by atoms with E-state index in [1.165, 1.54) is 6.07 Å². The normalized spacial score (nSPS) is 12.0. The van der Waals surface area contributed by atoms with Crippen molar-refractivity contribution in [1.29, 1.82) is 0 Å². The van der Waals surface area contributed by atoms with Crippen LogP contribution in [0.15, 0.2) is 36.4 Å². The van der Waals surface area contributed by atoms with Gasteiger partial charge in [-0.1, -0.05) is 18.3 Å². The number of aryl methyl sites for hydroxylation is 1. The summed E-state index contributed by atoms with van der Waals surface area (Å²) < 4.78 is 41.2. The smallest absolute Gasteiger partial charge is 0.310 e. The lowest BCUT2D eigenvalue weighted by molar-refractivity contribution is -0.137.